The number of halogens is 1. The maximum absolute atomic E-state index is 13.5. The molecule has 1 aliphatic rings. The average molecular weight is 263 g/mol. The van der Waals surface area contributed by atoms with Gasteiger partial charge in [-0.3, -0.25) is 4.79 Å². The molecule has 1 saturated heterocycles. The Balaban J connectivity index is 1.84. The number of Topliss-reactive ketones (excluding diaryl/α,β-unsaturated/α-hetero) is 1. The first-order chi connectivity index (χ1) is 9.08. The van der Waals surface area contributed by atoms with Crippen molar-refractivity contribution in [3.63, 3.8) is 0 Å². The molecule has 2 rings (SSSR count). The fourth-order valence-corrected chi connectivity index (χ4v) is 2.69. The lowest BCUT2D eigenvalue weighted by Gasteiger charge is -2.17. The second-order valence-electron chi connectivity index (χ2n) is 5.75. The standard InChI is InChI=1S/C16H22FNO/c1-12(2)13-7-9-18(11-13)10-8-16(19)14-5-3-4-6-15(14)17/h3-6,12-13H,7-11H2,1-2H3. The number of hydrogen-bond donors (Lipinski definition) is 0. The van der Waals surface area contributed by atoms with E-state index in [1.165, 1.54) is 12.5 Å². The molecule has 2 nitrogen and oxygen atoms in total. The van der Waals surface area contributed by atoms with Gasteiger partial charge < -0.3 is 4.90 Å². The Morgan fingerprint density at radius 1 is 1.42 bits per heavy atom. The van der Waals surface area contributed by atoms with Gasteiger partial charge in [0.2, 0.25) is 0 Å². The summed E-state index contributed by atoms with van der Waals surface area (Å²) in [5.41, 5.74) is 0.224. The number of hydrogen-bond acceptors (Lipinski definition) is 2. The molecular formula is C16H22FNO. The van der Waals surface area contributed by atoms with Crippen LogP contribution in [0.2, 0.25) is 0 Å². The third kappa shape index (κ3) is 3.63. The van der Waals surface area contributed by atoms with Gasteiger partial charge in [0, 0.05) is 19.5 Å². The summed E-state index contributed by atoms with van der Waals surface area (Å²) in [6.45, 7) is 7.38. The molecule has 3 heteroatoms. The second-order valence-corrected chi connectivity index (χ2v) is 5.75. The highest BCUT2D eigenvalue weighted by atomic mass is 19.1. The van der Waals surface area contributed by atoms with E-state index in [-0.39, 0.29) is 11.3 Å². The van der Waals surface area contributed by atoms with Gasteiger partial charge in [0.05, 0.1) is 5.56 Å². The molecule has 0 radical (unpaired) electrons. The normalized spacial score (nSPS) is 20.1. The van der Waals surface area contributed by atoms with Crippen molar-refractivity contribution in [1.29, 1.82) is 0 Å². The van der Waals surface area contributed by atoms with E-state index in [2.05, 4.69) is 18.7 Å². The Morgan fingerprint density at radius 2 is 2.16 bits per heavy atom. The van der Waals surface area contributed by atoms with Crippen LogP contribution in [0.25, 0.3) is 0 Å². The van der Waals surface area contributed by atoms with Crippen LogP contribution < -0.4 is 0 Å². The van der Waals surface area contributed by atoms with Gasteiger partial charge in [0.25, 0.3) is 0 Å². The molecule has 1 heterocycles. The molecule has 0 bridgehead atoms. The molecule has 19 heavy (non-hydrogen) atoms. The van der Waals surface area contributed by atoms with E-state index in [4.69, 9.17) is 0 Å². The Kier molecular flexibility index (Phi) is 4.70. The first-order valence-electron chi connectivity index (χ1n) is 7.08. The molecule has 1 atom stereocenters. The van der Waals surface area contributed by atoms with E-state index in [1.807, 2.05) is 0 Å². The van der Waals surface area contributed by atoms with Crippen molar-refractivity contribution in [3.8, 4) is 0 Å². The average Bonchev–Trinajstić information content (AvgIpc) is 2.85. The maximum Gasteiger partial charge on any atom is 0.167 e. The first kappa shape index (κ1) is 14.2. The third-order valence-corrected chi connectivity index (χ3v) is 4.08. The van der Waals surface area contributed by atoms with Crippen molar-refractivity contribution in [3.05, 3.63) is 35.6 Å². The van der Waals surface area contributed by atoms with Crippen LogP contribution in [0.3, 0.4) is 0 Å². The highest BCUT2D eigenvalue weighted by Gasteiger charge is 2.25. The fourth-order valence-electron chi connectivity index (χ4n) is 2.69. The lowest BCUT2D eigenvalue weighted by molar-refractivity contribution is 0.0964. The SMILES string of the molecule is CC(C)C1CCN(CCC(=O)c2ccccc2F)C1. The van der Waals surface area contributed by atoms with Crippen LogP contribution in [0.1, 0.15) is 37.0 Å². The van der Waals surface area contributed by atoms with Crippen molar-refractivity contribution in [2.45, 2.75) is 26.7 Å². The monoisotopic (exact) mass is 263 g/mol. The number of ketones is 1. The molecule has 0 spiro atoms. The Morgan fingerprint density at radius 3 is 2.79 bits per heavy atom. The minimum atomic E-state index is -0.408. The number of benzene rings is 1. The van der Waals surface area contributed by atoms with E-state index in [0.29, 0.717) is 12.3 Å². The fraction of sp³-hybridized carbons (Fsp3) is 0.562. The molecule has 0 aliphatic carbocycles. The number of likely N-dealkylation sites (tertiary alicyclic amines) is 1. The molecule has 0 aromatic heterocycles. The van der Waals surface area contributed by atoms with Crippen molar-refractivity contribution in [2.24, 2.45) is 11.8 Å². The van der Waals surface area contributed by atoms with Gasteiger partial charge in [-0.05, 0) is 36.9 Å². The van der Waals surface area contributed by atoms with Gasteiger partial charge in [-0.25, -0.2) is 4.39 Å². The van der Waals surface area contributed by atoms with E-state index in [1.54, 1.807) is 18.2 Å². The van der Waals surface area contributed by atoms with Gasteiger partial charge in [0.1, 0.15) is 5.82 Å². The lowest BCUT2D eigenvalue weighted by Crippen LogP contribution is -2.25. The number of carbonyl (C=O) groups is 1. The molecule has 1 aromatic rings. The number of carbonyl (C=O) groups excluding carboxylic acids is 1. The first-order valence-corrected chi connectivity index (χ1v) is 7.08. The second kappa shape index (κ2) is 6.29. The van der Waals surface area contributed by atoms with Gasteiger partial charge >= 0.3 is 0 Å². The van der Waals surface area contributed by atoms with E-state index >= 15 is 0 Å². The Hall–Kier alpha value is -1.22. The largest absolute Gasteiger partial charge is 0.303 e. The predicted octanol–water partition coefficient (Wildman–Crippen LogP) is 3.38. The Labute approximate surface area is 114 Å². The van der Waals surface area contributed by atoms with Crippen LogP contribution >= 0.6 is 0 Å². The summed E-state index contributed by atoms with van der Waals surface area (Å²) in [6, 6.07) is 6.23. The predicted molar refractivity (Wildman–Crippen MR) is 74.7 cm³/mol. The van der Waals surface area contributed by atoms with E-state index in [0.717, 1.165) is 25.6 Å². The van der Waals surface area contributed by atoms with E-state index in [9.17, 15) is 9.18 Å². The van der Waals surface area contributed by atoms with Crippen molar-refractivity contribution < 1.29 is 9.18 Å². The topological polar surface area (TPSA) is 20.3 Å². The zero-order chi connectivity index (χ0) is 13.8. The van der Waals surface area contributed by atoms with Crippen LogP contribution in [0.4, 0.5) is 4.39 Å². The smallest absolute Gasteiger partial charge is 0.167 e. The molecule has 1 aliphatic heterocycles. The summed E-state index contributed by atoms with van der Waals surface area (Å²) < 4.78 is 13.5. The molecule has 1 unspecified atom stereocenters. The van der Waals surface area contributed by atoms with Gasteiger partial charge in [-0.15, -0.1) is 0 Å². The zero-order valence-electron chi connectivity index (χ0n) is 11.7. The van der Waals surface area contributed by atoms with Gasteiger partial charge in [-0.1, -0.05) is 26.0 Å². The van der Waals surface area contributed by atoms with Crippen molar-refractivity contribution in [2.75, 3.05) is 19.6 Å². The minimum Gasteiger partial charge on any atom is -0.303 e. The molecule has 1 fully saturated rings. The molecule has 0 amide bonds. The summed E-state index contributed by atoms with van der Waals surface area (Å²) in [7, 11) is 0. The minimum absolute atomic E-state index is 0.0916. The van der Waals surface area contributed by atoms with Crippen LogP contribution in [0, 0.1) is 17.7 Å². The molecule has 104 valence electrons. The summed E-state index contributed by atoms with van der Waals surface area (Å²) in [5.74, 6) is 0.941. The van der Waals surface area contributed by atoms with E-state index < -0.39 is 5.82 Å². The quantitative estimate of drug-likeness (QED) is 0.759. The lowest BCUT2D eigenvalue weighted by atomic mass is 9.95. The highest BCUT2D eigenvalue weighted by Crippen LogP contribution is 2.23. The van der Waals surface area contributed by atoms with Crippen LogP contribution in [0.5, 0.6) is 0 Å². The third-order valence-electron chi connectivity index (χ3n) is 4.08. The number of rotatable bonds is 5. The van der Waals surface area contributed by atoms with Crippen molar-refractivity contribution >= 4 is 5.78 Å². The maximum atomic E-state index is 13.5. The molecule has 1 aromatic carbocycles. The van der Waals surface area contributed by atoms with Crippen molar-refractivity contribution in [1.82, 2.24) is 4.90 Å². The zero-order valence-corrected chi connectivity index (χ0v) is 11.7. The van der Waals surface area contributed by atoms with Gasteiger partial charge in [0.15, 0.2) is 5.78 Å². The number of nitrogens with zero attached hydrogens (tertiary/aromatic N) is 1. The van der Waals surface area contributed by atoms with Gasteiger partial charge in [-0.2, -0.15) is 0 Å². The van der Waals surface area contributed by atoms with Crippen LogP contribution in [-0.4, -0.2) is 30.3 Å². The van der Waals surface area contributed by atoms with Crippen LogP contribution in [0.15, 0.2) is 24.3 Å². The molecule has 0 N–H and O–H groups in total. The molecule has 0 saturated carbocycles. The van der Waals surface area contributed by atoms with Crippen LogP contribution in [-0.2, 0) is 0 Å². The summed E-state index contributed by atoms with van der Waals surface area (Å²) in [5, 5.41) is 0. The molecular weight excluding hydrogens is 241 g/mol. The summed E-state index contributed by atoms with van der Waals surface area (Å²) >= 11 is 0. The summed E-state index contributed by atoms with van der Waals surface area (Å²) in [6.07, 6.45) is 1.62. The summed E-state index contributed by atoms with van der Waals surface area (Å²) in [4.78, 5) is 14.3. The Bertz CT molecular complexity index is 444. The highest BCUT2D eigenvalue weighted by molar-refractivity contribution is 5.96.